The van der Waals surface area contributed by atoms with E-state index in [0.29, 0.717) is 38.0 Å². The first-order valence-corrected chi connectivity index (χ1v) is 8.33. The number of hydrogen-bond donors (Lipinski definition) is 1. The van der Waals surface area contributed by atoms with Gasteiger partial charge in [-0.15, -0.1) is 0 Å². The standard InChI is InChI=1S/C12H25N3O2S/c1-11-3-6-14(7-4-11)18(16,17)15-8-5-12(10-15)9-13-2/h11-13H,3-10H2,1-2H3. The second-order valence-corrected chi connectivity index (χ2v) is 7.59. The molecule has 0 bridgehead atoms. The van der Waals surface area contributed by atoms with Gasteiger partial charge in [0.2, 0.25) is 0 Å². The smallest absolute Gasteiger partial charge is 0.281 e. The maximum Gasteiger partial charge on any atom is 0.281 e. The van der Waals surface area contributed by atoms with E-state index in [0.717, 1.165) is 25.8 Å². The monoisotopic (exact) mass is 275 g/mol. The van der Waals surface area contributed by atoms with E-state index in [9.17, 15) is 8.42 Å². The van der Waals surface area contributed by atoms with E-state index in [1.807, 2.05) is 7.05 Å². The molecule has 0 aromatic carbocycles. The lowest BCUT2D eigenvalue weighted by molar-refractivity contribution is 0.269. The van der Waals surface area contributed by atoms with E-state index in [1.54, 1.807) is 8.61 Å². The van der Waals surface area contributed by atoms with Gasteiger partial charge in [-0.2, -0.15) is 17.0 Å². The van der Waals surface area contributed by atoms with Crippen molar-refractivity contribution < 1.29 is 8.42 Å². The largest absolute Gasteiger partial charge is 0.319 e. The van der Waals surface area contributed by atoms with Crippen molar-refractivity contribution in [1.82, 2.24) is 13.9 Å². The Hall–Kier alpha value is -0.170. The van der Waals surface area contributed by atoms with Gasteiger partial charge in [0, 0.05) is 26.2 Å². The molecule has 0 spiro atoms. The molecule has 0 aromatic heterocycles. The minimum absolute atomic E-state index is 0.466. The molecule has 106 valence electrons. The van der Waals surface area contributed by atoms with Crippen LogP contribution < -0.4 is 5.32 Å². The summed E-state index contributed by atoms with van der Waals surface area (Å²) in [7, 11) is -1.28. The average Bonchev–Trinajstić information content (AvgIpc) is 2.79. The molecule has 0 aromatic rings. The molecule has 5 nitrogen and oxygen atoms in total. The van der Waals surface area contributed by atoms with Crippen molar-refractivity contribution >= 4 is 10.2 Å². The summed E-state index contributed by atoms with van der Waals surface area (Å²) in [6.45, 7) is 5.84. The Bertz CT molecular complexity index is 364. The summed E-state index contributed by atoms with van der Waals surface area (Å²) in [5.41, 5.74) is 0. The van der Waals surface area contributed by atoms with Crippen LogP contribution in [0.4, 0.5) is 0 Å². The Morgan fingerprint density at radius 1 is 1.11 bits per heavy atom. The fourth-order valence-corrected chi connectivity index (χ4v) is 4.58. The fraction of sp³-hybridized carbons (Fsp3) is 1.00. The Morgan fingerprint density at radius 2 is 1.72 bits per heavy atom. The normalized spacial score (nSPS) is 28.9. The number of piperidine rings is 1. The molecule has 1 unspecified atom stereocenters. The van der Waals surface area contributed by atoms with Crippen molar-refractivity contribution in [1.29, 1.82) is 0 Å². The van der Waals surface area contributed by atoms with Gasteiger partial charge in [-0.05, 0) is 44.7 Å². The van der Waals surface area contributed by atoms with Crippen LogP contribution in [0.25, 0.3) is 0 Å². The van der Waals surface area contributed by atoms with Crippen LogP contribution in [0.15, 0.2) is 0 Å². The molecule has 2 saturated heterocycles. The van der Waals surface area contributed by atoms with Gasteiger partial charge in [0.1, 0.15) is 0 Å². The van der Waals surface area contributed by atoms with Gasteiger partial charge >= 0.3 is 0 Å². The highest BCUT2D eigenvalue weighted by molar-refractivity contribution is 7.86. The first-order chi connectivity index (χ1) is 8.54. The lowest BCUT2D eigenvalue weighted by Gasteiger charge is -2.32. The van der Waals surface area contributed by atoms with E-state index < -0.39 is 10.2 Å². The predicted molar refractivity (Wildman–Crippen MR) is 72.5 cm³/mol. The van der Waals surface area contributed by atoms with Crippen LogP contribution in [0.1, 0.15) is 26.2 Å². The fourth-order valence-electron chi connectivity index (χ4n) is 2.84. The topological polar surface area (TPSA) is 52.7 Å². The zero-order valence-corrected chi connectivity index (χ0v) is 12.2. The van der Waals surface area contributed by atoms with Crippen LogP contribution in [0.3, 0.4) is 0 Å². The van der Waals surface area contributed by atoms with Gasteiger partial charge in [0.25, 0.3) is 10.2 Å². The molecule has 1 N–H and O–H groups in total. The van der Waals surface area contributed by atoms with Crippen LogP contribution >= 0.6 is 0 Å². The van der Waals surface area contributed by atoms with Crippen LogP contribution in [-0.4, -0.2) is 56.8 Å². The van der Waals surface area contributed by atoms with Gasteiger partial charge in [0.05, 0.1) is 0 Å². The molecule has 2 aliphatic heterocycles. The van der Waals surface area contributed by atoms with Crippen molar-refractivity contribution in [3.63, 3.8) is 0 Å². The summed E-state index contributed by atoms with van der Waals surface area (Å²) in [4.78, 5) is 0. The van der Waals surface area contributed by atoms with Crippen LogP contribution in [0.5, 0.6) is 0 Å². The molecule has 2 heterocycles. The average molecular weight is 275 g/mol. The molecule has 0 saturated carbocycles. The summed E-state index contributed by atoms with van der Waals surface area (Å²) in [5.74, 6) is 1.13. The lowest BCUT2D eigenvalue weighted by atomic mass is 10.0. The zero-order valence-electron chi connectivity index (χ0n) is 11.4. The van der Waals surface area contributed by atoms with E-state index in [1.165, 1.54) is 0 Å². The highest BCUT2D eigenvalue weighted by Crippen LogP contribution is 2.25. The maximum atomic E-state index is 12.5. The molecule has 2 fully saturated rings. The minimum atomic E-state index is -3.20. The van der Waals surface area contributed by atoms with E-state index in [-0.39, 0.29) is 0 Å². The maximum absolute atomic E-state index is 12.5. The van der Waals surface area contributed by atoms with Gasteiger partial charge in [0.15, 0.2) is 0 Å². The highest BCUT2D eigenvalue weighted by atomic mass is 32.2. The Labute approximate surface area is 111 Å². The second-order valence-electron chi connectivity index (χ2n) is 5.66. The van der Waals surface area contributed by atoms with Crippen molar-refractivity contribution in [2.75, 3.05) is 39.8 Å². The minimum Gasteiger partial charge on any atom is -0.319 e. The molecule has 0 radical (unpaired) electrons. The third-order valence-corrected chi connectivity index (χ3v) is 6.14. The third-order valence-electron chi connectivity index (χ3n) is 4.14. The first kappa shape index (κ1) is 14.2. The highest BCUT2D eigenvalue weighted by Gasteiger charge is 2.36. The van der Waals surface area contributed by atoms with E-state index in [4.69, 9.17) is 0 Å². The second kappa shape index (κ2) is 5.86. The molecular weight excluding hydrogens is 250 g/mol. The molecule has 6 heteroatoms. The zero-order chi connectivity index (χ0) is 13.2. The van der Waals surface area contributed by atoms with Crippen LogP contribution in [0, 0.1) is 11.8 Å². The van der Waals surface area contributed by atoms with E-state index >= 15 is 0 Å². The Balaban J connectivity index is 1.95. The van der Waals surface area contributed by atoms with Crippen LogP contribution in [0.2, 0.25) is 0 Å². The molecule has 2 rings (SSSR count). The predicted octanol–water partition coefficient (Wildman–Crippen LogP) is 0.504. The van der Waals surface area contributed by atoms with Crippen LogP contribution in [-0.2, 0) is 10.2 Å². The quantitative estimate of drug-likeness (QED) is 0.813. The molecule has 2 aliphatic rings. The third kappa shape index (κ3) is 3.04. The summed E-state index contributed by atoms with van der Waals surface area (Å²) in [6, 6.07) is 0. The first-order valence-electron chi connectivity index (χ1n) is 6.94. The molecule has 0 amide bonds. The SMILES string of the molecule is CNCC1CCN(S(=O)(=O)N2CCC(C)CC2)C1. The van der Waals surface area contributed by atoms with Gasteiger partial charge in [-0.3, -0.25) is 0 Å². The number of hydrogen-bond acceptors (Lipinski definition) is 3. The van der Waals surface area contributed by atoms with Crippen molar-refractivity contribution in [3.05, 3.63) is 0 Å². The van der Waals surface area contributed by atoms with Gasteiger partial charge in [-0.25, -0.2) is 0 Å². The van der Waals surface area contributed by atoms with E-state index in [2.05, 4.69) is 12.2 Å². The van der Waals surface area contributed by atoms with Crippen molar-refractivity contribution in [3.8, 4) is 0 Å². The number of nitrogens with zero attached hydrogens (tertiary/aromatic N) is 2. The van der Waals surface area contributed by atoms with Gasteiger partial charge < -0.3 is 5.32 Å². The summed E-state index contributed by atoms with van der Waals surface area (Å²) in [6.07, 6.45) is 2.96. The number of nitrogens with one attached hydrogen (secondary N) is 1. The molecule has 0 aliphatic carbocycles. The summed E-state index contributed by atoms with van der Waals surface area (Å²) >= 11 is 0. The molecule has 1 atom stereocenters. The summed E-state index contributed by atoms with van der Waals surface area (Å²) in [5, 5.41) is 3.13. The number of rotatable bonds is 4. The Morgan fingerprint density at radius 3 is 2.33 bits per heavy atom. The van der Waals surface area contributed by atoms with Gasteiger partial charge in [-0.1, -0.05) is 6.92 Å². The summed E-state index contributed by atoms with van der Waals surface area (Å²) < 4.78 is 28.3. The Kier molecular flexibility index (Phi) is 4.64. The lowest BCUT2D eigenvalue weighted by Crippen LogP contribution is -2.46. The van der Waals surface area contributed by atoms with Crippen molar-refractivity contribution in [2.45, 2.75) is 26.2 Å². The van der Waals surface area contributed by atoms with Crippen molar-refractivity contribution in [2.24, 2.45) is 11.8 Å². The molecule has 18 heavy (non-hydrogen) atoms. The molecular formula is C12H25N3O2S.